The van der Waals surface area contributed by atoms with Crippen LogP contribution in [0, 0.1) is 0 Å². The zero-order valence-corrected chi connectivity index (χ0v) is 9.54. The minimum atomic E-state index is -4.10. The molecule has 0 spiro atoms. The van der Waals surface area contributed by atoms with Crippen molar-refractivity contribution in [1.29, 1.82) is 0 Å². The molecule has 0 aliphatic heterocycles. The number of hydrogen-bond acceptors (Lipinski definition) is 3. The van der Waals surface area contributed by atoms with Crippen LogP contribution in [0.25, 0.3) is 0 Å². The zero-order valence-electron chi connectivity index (χ0n) is 8.65. The third-order valence-corrected chi connectivity index (χ3v) is 3.04. The van der Waals surface area contributed by atoms with Gasteiger partial charge in [-0.1, -0.05) is 26.2 Å². The standard InChI is InChI=1S/C8H21N2O3P/c1-2-3-4-5-6-10-7-8(9)14(11,12)13/h8,10H,2-7,9H2,1H3,(H2,11,12,13)/t8-/m1/s1. The van der Waals surface area contributed by atoms with Crippen LogP contribution in [0.15, 0.2) is 0 Å². The molecule has 0 rings (SSSR count). The van der Waals surface area contributed by atoms with E-state index in [2.05, 4.69) is 12.2 Å². The second kappa shape index (κ2) is 7.37. The molecule has 14 heavy (non-hydrogen) atoms. The van der Waals surface area contributed by atoms with Crippen LogP contribution in [0.3, 0.4) is 0 Å². The molecule has 0 saturated carbocycles. The minimum Gasteiger partial charge on any atom is -0.323 e. The van der Waals surface area contributed by atoms with Crippen LogP contribution in [0.2, 0.25) is 0 Å². The Kier molecular flexibility index (Phi) is 7.41. The predicted molar refractivity (Wildman–Crippen MR) is 57.0 cm³/mol. The Balaban J connectivity index is 3.32. The molecule has 0 radical (unpaired) electrons. The van der Waals surface area contributed by atoms with Gasteiger partial charge < -0.3 is 20.8 Å². The molecule has 5 N–H and O–H groups in total. The van der Waals surface area contributed by atoms with Crippen molar-refractivity contribution in [3.8, 4) is 0 Å². The average Bonchev–Trinajstić information content (AvgIpc) is 2.09. The van der Waals surface area contributed by atoms with E-state index in [-0.39, 0.29) is 6.54 Å². The molecule has 0 aliphatic rings. The Hall–Kier alpha value is 0.0700. The summed E-state index contributed by atoms with van der Waals surface area (Å²) in [4.78, 5) is 17.3. The molecule has 0 aromatic carbocycles. The fraction of sp³-hybridized carbons (Fsp3) is 1.00. The number of nitrogens with two attached hydrogens (primary N) is 1. The number of rotatable bonds is 8. The molecule has 0 aromatic heterocycles. The quantitative estimate of drug-likeness (QED) is 0.358. The summed E-state index contributed by atoms with van der Waals surface area (Å²) >= 11 is 0. The van der Waals surface area contributed by atoms with Gasteiger partial charge in [-0.05, 0) is 13.0 Å². The summed E-state index contributed by atoms with van der Waals surface area (Å²) < 4.78 is 10.6. The lowest BCUT2D eigenvalue weighted by Crippen LogP contribution is -2.34. The van der Waals surface area contributed by atoms with Gasteiger partial charge in [-0.25, -0.2) is 0 Å². The molecule has 0 aromatic rings. The Bertz CT molecular complexity index is 183. The van der Waals surface area contributed by atoms with Gasteiger partial charge in [0.2, 0.25) is 0 Å². The van der Waals surface area contributed by atoms with Gasteiger partial charge in [-0.2, -0.15) is 0 Å². The van der Waals surface area contributed by atoms with Gasteiger partial charge in [0.1, 0.15) is 5.78 Å². The van der Waals surface area contributed by atoms with Crippen molar-refractivity contribution in [1.82, 2.24) is 5.32 Å². The molecular formula is C8H21N2O3P. The van der Waals surface area contributed by atoms with E-state index < -0.39 is 13.4 Å². The molecule has 0 fully saturated rings. The van der Waals surface area contributed by atoms with Gasteiger partial charge >= 0.3 is 7.60 Å². The number of nitrogens with one attached hydrogen (secondary N) is 1. The highest BCUT2D eigenvalue weighted by Crippen LogP contribution is 2.37. The van der Waals surface area contributed by atoms with Gasteiger partial charge in [-0.3, -0.25) is 4.57 Å². The van der Waals surface area contributed by atoms with E-state index in [1.54, 1.807) is 0 Å². The Labute approximate surface area is 85.2 Å². The molecule has 6 heteroatoms. The largest absolute Gasteiger partial charge is 0.343 e. The maximum Gasteiger partial charge on any atom is 0.343 e. The van der Waals surface area contributed by atoms with Crippen LogP contribution >= 0.6 is 7.60 Å². The Morgan fingerprint density at radius 2 is 2.00 bits per heavy atom. The van der Waals surface area contributed by atoms with E-state index in [1.807, 2.05) is 0 Å². The smallest absolute Gasteiger partial charge is 0.323 e. The third-order valence-electron chi connectivity index (χ3n) is 1.99. The highest BCUT2D eigenvalue weighted by Gasteiger charge is 2.23. The first-order valence-corrected chi connectivity index (χ1v) is 6.68. The van der Waals surface area contributed by atoms with E-state index in [4.69, 9.17) is 15.5 Å². The van der Waals surface area contributed by atoms with E-state index in [1.165, 1.54) is 12.8 Å². The van der Waals surface area contributed by atoms with Crippen LogP contribution in [-0.2, 0) is 4.57 Å². The predicted octanol–water partition coefficient (Wildman–Crippen LogP) is 0.619. The summed E-state index contributed by atoms with van der Waals surface area (Å²) in [6, 6.07) is 0. The highest BCUT2D eigenvalue weighted by molar-refractivity contribution is 7.52. The summed E-state index contributed by atoms with van der Waals surface area (Å²) in [7, 11) is -4.10. The van der Waals surface area contributed by atoms with Gasteiger partial charge in [0.15, 0.2) is 0 Å². The Morgan fingerprint density at radius 3 is 2.50 bits per heavy atom. The second-order valence-corrected chi connectivity index (χ2v) is 5.26. The van der Waals surface area contributed by atoms with Gasteiger partial charge in [0, 0.05) is 6.54 Å². The second-order valence-electron chi connectivity index (χ2n) is 3.42. The molecule has 1 atom stereocenters. The maximum atomic E-state index is 10.6. The lowest BCUT2D eigenvalue weighted by Gasteiger charge is -2.13. The van der Waals surface area contributed by atoms with Crippen LogP contribution in [0.5, 0.6) is 0 Å². The number of unbranched alkanes of at least 4 members (excludes halogenated alkanes) is 3. The van der Waals surface area contributed by atoms with E-state index >= 15 is 0 Å². The van der Waals surface area contributed by atoms with Crippen LogP contribution < -0.4 is 11.1 Å². The molecule has 0 unspecified atom stereocenters. The SMILES string of the molecule is CCCCCCNC[C@H](N)P(=O)(O)O. The lowest BCUT2D eigenvalue weighted by molar-refractivity contribution is 0.355. The van der Waals surface area contributed by atoms with Crippen molar-refractivity contribution >= 4 is 7.60 Å². The first kappa shape index (κ1) is 14.1. The average molecular weight is 224 g/mol. The normalized spacial score (nSPS) is 14.3. The van der Waals surface area contributed by atoms with Crippen LogP contribution in [0.1, 0.15) is 32.6 Å². The van der Waals surface area contributed by atoms with Crippen molar-refractivity contribution in [2.45, 2.75) is 38.4 Å². The Morgan fingerprint density at radius 1 is 1.36 bits per heavy atom. The zero-order chi connectivity index (χ0) is 11.0. The van der Waals surface area contributed by atoms with E-state index in [9.17, 15) is 4.57 Å². The molecule has 0 heterocycles. The highest BCUT2D eigenvalue weighted by atomic mass is 31.2. The summed E-state index contributed by atoms with van der Waals surface area (Å²) in [6.45, 7) is 3.08. The lowest BCUT2D eigenvalue weighted by atomic mass is 10.2. The van der Waals surface area contributed by atoms with Crippen molar-refractivity contribution in [2.24, 2.45) is 5.73 Å². The monoisotopic (exact) mass is 224 g/mol. The van der Waals surface area contributed by atoms with E-state index in [0.717, 1.165) is 19.4 Å². The van der Waals surface area contributed by atoms with E-state index in [0.29, 0.717) is 0 Å². The first-order valence-electron chi connectivity index (χ1n) is 5.00. The fourth-order valence-corrected chi connectivity index (χ4v) is 1.41. The summed E-state index contributed by atoms with van der Waals surface area (Å²) in [5.74, 6) is -1.08. The molecule has 0 aliphatic carbocycles. The molecule has 0 amide bonds. The van der Waals surface area contributed by atoms with Gasteiger partial charge in [0.25, 0.3) is 0 Å². The topological polar surface area (TPSA) is 95.6 Å². The molecular weight excluding hydrogens is 203 g/mol. The summed E-state index contributed by atoms with van der Waals surface area (Å²) in [6.07, 6.45) is 4.56. The molecule has 5 nitrogen and oxygen atoms in total. The van der Waals surface area contributed by atoms with Crippen molar-refractivity contribution in [2.75, 3.05) is 13.1 Å². The van der Waals surface area contributed by atoms with Crippen molar-refractivity contribution in [3.63, 3.8) is 0 Å². The number of hydrogen-bond donors (Lipinski definition) is 4. The van der Waals surface area contributed by atoms with Crippen LogP contribution in [0.4, 0.5) is 0 Å². The molecule has 86 valence electrons. The van der Waals surface area contributed by atoms with Crippen molar-refractivity contribution in [3.05, 3.63) is 0 Å². The minimum absolute atomic E-state index is 0.177. The molecule has 0 saturated heterocycles. The maximum absolute atomic E-state index is 10.6. The van der Waals surface area contributed by atoms with Gasteiger partial charge in [-0.15, -0.1) is 0 Å². The third kappa shape index (κ3) is 7.47. The fourth-order valence-electron chi connectivity index (χ4n) is 1.05. The van der Waals surface area contributed by atoms with Crippen molar-refractivity contribution < 1.29 is 14.4 Å². The first-order chi connectivity index (χ1) is 6.48. The summed E-state index contributed by atoms with van der Waals surface area (Å²) in [5.41, 5.74) is 5.27. The summed E-state index contributed by atoms with van der Waals surface area (Å²) in [5, 5.41) is 2.93. The molecule has 0 bridgehead atoms. The van der Waals surface area contributed by atoms with Crippen LogP contribution in [-0.4, -0.2) is 28.7 Å². The van der Waals surface area contributed by atoms with Gasteiger partial charge in [0.05, 0.1) is 0 Å².